The Morgan fingerprint density at radius 1 is 1.48 bits per heavy atom. The number of piperidine rings is 1. The Morgan fingerprint density at radius 2 is 2.32 bits per heavy atom. The van der Waals surface area contributed by atoms with Crippen molar-refractivity contribution >= 4 is 0 Å². The van der Waals surface area contributed by atoms with Crippen LogP contribution >= 0.6 is 0 Å². The van der Waals surface area contributed by atoms with Crippen LogP contribution in [0.2, 0.25) is 0 Å². The van der Waals surface area contributed by atoms with Gasteiger partial charge in [0.25, 0.3) is 0 Å². The van der Waals surface area contributed by atoms with E-state index in [9.17, 15) is 4.79 Å². The smallest absolute Gasteiger partial charge is 0.231 e. The summed E-state index contributed by atoms with van der Waals surface area (Å²) < 4.78 is 10.5. The number of nitrogens with zero attached hydrogens (tertiary/aromatic N) is 3. The zero-order valence-electron chi connectivity index (χ0n) is 15.1. The van der Waals surface area contributed by atoms with Crippen molar-refractivity contribution in [3.63, 3.8) is 0 Å². The molecule has 1 atom stereocenters. The number of methoxy groups -OCH3 is 1. The highest BCUT2D eigenvalue weighted by Gasteiger charge is 2.26. The zero-order chi connectivity index (χ0) is 17.8. The van der Waals surface area contributed by atoms with Crippen LogP contribution in [0.1, 0.15) is 50.0 Å². The number of aromatic amines is 1. The molecule has 2 aromatic heterocycles. The highest BCUT2D eigenvalue weighted by atomic mass is 16.5. The Labute approximate surface area is 147 Å². The van der Waals surface area contributed by atoms with Gasteiger partial charge in [-0.1, -0.05) is 19.0 Å². The summed E-state index contributed by atoms with van der Waals surface area (Å²) in [5.41, 5.74) is 0.789. The SMILES string of the molecule is COc1c[nH]c(CN2CCC[C@@H](c3nc(CC(C)C)no3)C2)cc1=O. The summed E-state index contributed by atoms with van der Waals surface area (Å²) in [7, 11) is 1.50. The third-order valence-electron chi connectivity index (χ3n) is 4.48. The van der Waals surface area contributed by atoms with Gasteiger partial charge in [-0.25, -0.2) is 0 Å². The van der Waals surface area contributed by atoms with E-state index in [-0.39, 0.29) is 11.3 Å². The summed E-state index contributed by atoms with van der Waals surface area (Å²) in [4.78, 5) is 21.9. The van der Waals surface area contributed by atoms with Crippen LogP contribution in [0.4, 0.5) is 0 Å². The largest absolute Gasteiger partial charge is 0.491 e. The van der Waals surface area contributed by atoms with Crippen LogP contribution in [-0.4, -0.2) is 40.2 Å². The topological polar surface area (TPSA) is 84.2 Å². The van der Waals surface area contributed by atoms with Gasteiger partial charge in [-0.2, -0.15) is 4.98 Å². The quantitative estimate of drug-likeness (QED) is 0.864. The molecule has 1 saturated heterocycles. The number of ether oxygens (including phenoxy) is 1. The minimum atomic E-state index is -0.0972. The summed E-state index contributed by atoms with van der Waals surface area (Å²) in [6.07, 6.45) is 4.59. The maximum Gasteiger partial charge on any atom is 0.231 e. The van der Waals surface area contributed by atoms with Crippen molar-refractivity contribution in [2.45, 2.75) is 45.6 Å². The Balaban J connectivity index is 1.64. The third kappa shape index (κ3) is 4.48. The molecule has 7 nitrogen and oxygen atoms in total. The molecule has 0 aromatic carbocycles. The van der Waals surface area contributed by atoms with Gasteiger partial charge in [0.15, 0.2) is 11.6 Å². The number of nitrogens with one attached hydrogen (secondary N) is 1. The molecular formula is C18H26N4O3. The molecule has 0 radical (unpaired) electrons. The van der Waals surface area contributed by atoms with E-state index >= 15 is 0 Å². The molecule has 1 aliphatic heterocycles. The Hall–Kier alpha value is -2.15. The molecule has 1 fully saturated rings. The first-order valence-corrected chi connectivity index (χ1v) is 8.85. The van der Waals surface area contributed by atoms with Crippen LogP contribution in [-0.2, 0) is 13.0 Å². The van der Waals surface area contributed by atoms with E-state index in [4.69, 9.17) is 9.26 Å². The van der Waals surface area contributed by atoms with Crippen molar-refractivity contribution in [3.8, 4) is 5.75 Å². The van der Waals surface area contributed by atoms with Crippen LogP contribution in [0.25, 0.3) is 0 Å². The van der Waals surface area contributed by atoms with Crippen molar-refractivity contribution < 1.29 is 9.26 Å². The fraction of sp³-hybridized carbons (Fsp3) is 0.611. The minimum Gasteiger partial charge on any atom is -0.491 e. The van der Waals surface area contributed by atoms with Gasteiger partial charge in [0.05, 0.1) is 13.0 Å². The van der Waals surface area contributed by atoms with Crippen LogP contribution in [0.15, 0.2) is 21.6 Å². The van der Waals surface area contributed by atoms with Crippen molar-refractivity contribution in [2.24, 2.45) is 5.92 Å². The van der Waals surface area contributed by atoms with Gasteiger partial charge in [0.2, 0.25) is 11.3 Å². The van der Waals surface area contributed by atoms with Crippen molar-refractivity contribution in [1.29, 1.82) is 0 Å². The van der Waals surface area contributed by atoms with Gasteiger partial charge in [-0.05, 0) is 25.3 Å². The predicted octanol–water partition coefficient (Wildman–Crippen LogP) is 2.34. The van der Waals surface area contributed by atoms with Crippen LogP contribution in [0, 0.1) is 5.92 Å². The first-order chi connectivity index (χ1) is 12.0. The highest BCUT2D eigenvalue weighted by molar-refractivity contribution is 5.20. The second kappa shape index (κ2) is 7.82. The lowest BCUT2D eigenvalue weighted by Crippen LogP contribution is -2.34. The van der Waals surface area contributed by atoms with Crippen LogP contribution < -0.4 is 10.2 Å². The fourth-order valence-corrected chi connectivity index (χ4v) is 3.27. The van der Waals surface area contributed by atoms with Gasteiger partial charge in [-0.3, -0.25) is 9.69 Å². The molecule has 0 amide bonds. The van der Waals surface area contributed by atoms with E-state index in [1.165, 1.54) is 7.11 Å². The molecule has 3 heterocycles. The predicted molar refractivity (Wildman–Crippen MR) is 93.7 cm³/mol. The van der Waals surface area contributed by atoms with Gasteiger partial charge in [-0.15, -0.1) is 0 Å². The van der Waals surface area contributed by atoms with E-state index < -0.39 is 0 Å². The standard InChI is InChI=1S/C18H26N4O3/c1-12(2)7-17-20-18(25-21-17)13-5-4-6-22(10-13)11-14-8-15(23)16(24-3)9-19-14/h8-9,12-13H,4-7,10-11H2,1-3H3,(H,19,23)/t13-/m1/s1. The van der Waals surface area contributed by atoms with Crippen LogP contribution in [0.5, 0.6) is 5.75 Å². The molecule has 0 spiro atoms. The van der Waals surface area contributed by atoms with Gasteiger partial charge >= 0.3 is 0 Å². The molecular weight excluding hydrogens is 320 g/mol. The number of H-pyrrole nitrogens is 1. The van der Waals surface area contributed by atoms with Crippen LogP contribution in [0.3, 0.4) is 0 Å². The average molecular weight is 346 g/mol. The summed E-state index contributed by atoms with van der Waals surface area (Å²) in [5.74, 6) is 2.64. The zero-order valence-corrected chi connectivity index (χ0v) is 15.1. The summed E-state index contributed by atoms with van der Waals surface area (Å²) in [5, 5.41) is 4.11. The van der Waals surface area contributed by atoms with E-state index in [1.807, 2.05) is 0 Å². The van der Waals surface area contributed by atoms with Crippen molar-refractivity contribution in [3.05, 3.63) is 39.9 Å². The molecule has 0 bridgehead atoms. The number of hydrogen-bond donors (Lipinski definition) is 1. The highest BCUT2D eigenvalue weighted by Crippen LogP contribution is 2.26. The number of rotatable bonds is 6. The molecule has 1 aliphatic rings. The van der Waals surface area contributed by atoms with Gasteiger partial charge in [0, 0.05) is 37.5 Å². The van der Waals surface area contributed by atoms with Crippen molar-refractivity contribution in [1.82, 2.24) is 20.0 Å². The molecule has 0 saturated carbocycles. The number of hydrogen-bond acceptors (Lipinski definition) is 6. The average Bonchev–Trinajstić information content (AvgIpc) is 3.03. The van der Waals surface area contributed by atoms with Gasteiger partial charge in [0.1, 0.15) is 0 Å². The maximum absolute atomic E-state index is 11.9. The fourth-order valence-electron chi connectivity index (χ4n) is 3.27. The second-order valence-electron chi connectivity index (χ2n) is 7.11. The molecule has 2 aromatic rings. The number of likely N-dealkylation sites (tertiary alicyclic amines) is 1. The van der Waals surface area contributed by atoms with Gasteiger partial charge < -0.3 is 14.2 Å². The summed E-state index contributed by atoms with van der Waals surface area (Å²) in [6, 6.07) is 1.61. The lowest BCUT2D eigenvalue weighted by Gasteiger charge is -2.30. The number of aromatic nitrogens is 3. The number of pyridine rings is 1. The maximum atomic E-state index is 11.9. The first-order valence-electron chi connectivity index (χ1n) is 8.85. The molecule has 25 heavy (non-hydrogen) atoms. The Kier molecular flexibility index (Phi) is 5.53. The van der Waals surface area contributed by atoms with Crippen molar-refractivity contribution in [2.75, 3.05) is 20.2 Å². The molecule has 0 unspecified atom stereocenters. The lowest BCUT2D eigenvalue weighted by molar-refractivity contribution is 0.178. The minimum absolute atomic E-state index is 0.0972. The molecule has 0 aliphatic carbocycles. The van der Waals surface area contributed by atoms with E-state index in [2.05, 4.69) is 33.9 Å². The van der Waals surface area contributed by atoms with E-state index in [0.717, 1.165) is 49.8 Å². The molecule has 3 rings (SSSR count). The second-order valence-corrected chi connectivity index (χ2v) is 7.11. The Bertz CT molecular complexity index is 753. The first kappa shape index (κ1) is 17.7. The monoisotopic (exact) mass is 346 g/mol. The Morgan fingerprint density at radius 3 is 3.04 bits per heavy atom. The normalized spacial score (nSPS) is 18.6. The molecule has 136 valence electrons. The summed E-state index contributed by atoms with van der Waals surface area (Å²) in [6.45, 7) is 6.85. The molecule has 1 N–H and O–H groups in total. The summed E-state index contributed by atoms with van der Waals surface area (Å²) >= 11 is 0. The third-order valence-corrected chi connectivity index (χ3v) is 4.48. The van der Waals surface area contributed by atoms with E-state index in [1.54, 1.807) is 12.3 Å². The lowest BCUT2D eigenvalue weighted by atomic mass is 9.98. The van der Waals surface area contributed by atoms with E-state index in [0.29, 0.717) is 18.2 Å². The molecule has 7 heteroatoms.